The Hall–Kier alpha value is -2.15. The molecule has 0 atom stereocenters. The van der Waals surface area contributed by atoms with Crippen LogP contribution in [0.5, 0.6) is 0 Å². The van der Waals surface area contributed by atoms with E-state index in [4.69, 9.17) is 5.73 Å². The molecule has 0 bridgehead atoms. The van der Waals surface area contributed by atoms with Gasteiger partial charge in [0.15, 0.2) is 0 Å². The molecule has 0 unspecified atom stereocenters. The lowest BCUT2D eigenvalue weighted by Crippen LogP contribution is -2.45. The Morgan fingerprint density at radius 3 is 2.61 bits per heavy atom. The van der Waals surface area contributed by atoms with Crippen molar-refractivity contribution < 1.29 is 0 Å². The first-order valence-corrected chi connectivity index (χ1v) is 8.24. The molecular formula is C16H23N7. The molecule has 0 radical (unpaired) electrons. The number of anilines is 2. The van der Waals surface area contributed by atoms with Gasteiger partial charge in [-0.1, -0.05) is 0 Å². The normalized spacial score (nSPS) is 18.4. The highest BCUT2D eigenvalue weighted by Crippen LogP contribution is 2.35. The molecule has 1 aliphatic heterocycles. The largest absolute Gasteiger partial charge is 0.368 e. The molecule has 2 aromatic rings. The van der Waals surface area contributed by atoms with E-state index in [-0.39, 0.29) is 0 Å². The number of rotatable bonds is 1. The first-order chi connectivity index (χ1) is 11.1. The summed E-state index contributed by atoms with van der Waals surface area (Å²) >= 11 is 0. The summed E-state index contributed by atoms with van der Waals surface area (Å²) in [7, 11) is 4.16. The van der Waals surface area contributed by atoms with Crippen LogP contribution in [0.4, 0.5) is 11.8 Å². The number of aryl methyl sites for hydroxylation is 1. The van der Waals surface area contributed by atoms with Crippen LogP contribution in [0.2, 0.25) is 0 Å². The zero-order valence-corrected chi connectivity index (χ0v) is 13.8. The van der Waals surface area contributed by atoms with Gasteiger partial charge >= 0.3 is 0 Å². The van der Waals surface area contributed by atoms with Gasteiger partial charge in [0.05, 0.1) is 11.9 Å². The molecule has 0 spiro atoms. The fourth-order valence-electron chi connectivity index (χ4n) is 3.61. The molecule has 1 fully saturated rings. The van der Waals surface area contributed by atoms with Crippen molar-refractivity contribution in [2.45, 2.75) is 19.3 Å². The van der Waals surface area contributed by atoms with E-state index < -0.39 is 0 Å². The summed E-state index contributed by atoms with van der Waals surface area (Å²) in [6, 6.07) is 0. The molecule has 7 heteroatoms. The van der Waals surface area contributed by atoms with Gasteiger partial charge in [-0.05, 0) is 26.3 Å². The molecule has 23 heavy (non-hydrogen) atoms. The van der Waals surface area contributed by atoms with Crippen LogP contribution in [0.25, 0.3) is 11.3 Å². The lowest BCUT2D eigenvalue weighted by Gasteiger charge is -2.34. The number of nitrogens with two attached hydrogens (primary N) is 1. The van der Waals surface area contributed by atoms with Crippen molar-refractivity contribution in [3.8, 4) is 11.3 Å². The molecule has 122 valence electrons. The Morgan fingerprint density at radius 2 is 1.83 bits per heavy atom. The van der Waals surface area contributed by atoms with E-state index in [2.05, 4.69) is 31.9 Å². The van der Waals surface area contributed by atoms with Crippen molar-refractivity contribution in [3.63, 3.8) is 0 Å². The molecule has 0 aromatic carbocycles. The molecule has 4 rings (SSSR count). The smallest absolute Gasteiger partial charge is 0.222 e. The second kappa shape index (κ2) is 5.49. The van der Waals surface area contributed by atoms with Crippen molar-refractivity contribution in [2.24, 2.45) is 7.05 Å². The lowest BCUT2D eigenvalue weighted by molar-refractivity contribution is 0.312. The zero-order chi connectivity index (χ0) is 16.0. The molecule has 7 nitrogen and oxygen atoms in total. The molecule has 2 aliphatic rings. The van der Waals surface area contributed by atoms with Gasteiger partial charge in [0.25, 0.3) is 0 Å². The maximum atomic E-state index is 6.05. The molecule has 0 saturated carbocycles. The van der Waals surface area contributed by atoms with E-state index >= 15 is 0 Å². The van der Waals surface area contributed by atoms with Gasteiger partial charge in [0.1, 0.15) is 5.82 Å². The predicted molar refractivity (Wildman–Crippen MR) is 90.4 cm³/mol. The third-order valence-corrected chi connectivity index (χ3v) is 4.96. The van der Waals surface area contributed by atoms with Crippen molar-refractivity contribution in [1.29, 1.82) is 0 Å². The van der Waals surface area contributed by atoms with Crippen LogP contribution in [0, 0.1) is 0 Å². The van der Waals surface area contributed by atoms with Crippen LogP contribution in [0.15, 0.2) is 6.20 Å². The van der Waals surface area contributed by atoms with Gasteiger partial charge in [-0.2, -0.15) is 10.1 Å². The van der Waals surface area contributed by atoms with Crippen LogP contribution in [0.3, 0.4) is 0 Å². The fourth-order valence-corrected chi connectivity index (χ4v) is 3.61. The average molecular weight is 313 g/mol. The van der Waals surface area contributed by atoms with Crippen LogP contribution in [0.1, 0.15) is 17.7 Å². The Morgan fingerprint density at radius 1 is 1.04 bits per heavy atom. The quantitative estimate of drug-likeness (QED) is 0.835. The number of nitrogen functional groups attached to an aromatic ring is 1. The molecule has 1 saturated heterocycles. The van der Waals surface area contributed by atoms with Gasteiger partial charge in [-0.25, -0.2) is 4.98 Å². The van der Waals surface area contributed by atoms with E-state index in [0.717, 1.165) is 62.5 Å². The summed E-state index contributed by atoms with van der Waals surface area (Å²) in [5, 5.41) is 4.42. The number of fused-ring (bicyclic) bond motifs is 3. The van der Waals surface area contributed by atoms with Crippen LogP contribution >= 0.6 is 0 Å². The summed E-state index contributed by atoms with van der Waals surface area (Å²) in [5.74, 6) is 1.38. The molecule has 1 aliphatic carbocycles. The summed E-state index contributed by atoms with van der Waals surface area (Å²) in [6.07, 6.45) is 5.02. The Bertz CT molecular complexity index is 728. The van der Waals surface area contributed by atoms with E-state index in [9.17, 15) is 0 Å². The average Bonchev–Trinajstić information content (AvgIpc) is 2.79. The number of likely N-dealkylation sites (N-methyl/N-ethyl adjacent to an activating group) is 1. The van der Waals surface area contributed by atoms with Crippen molar-refractivity contribution >= 4 is 11.8 Å². The van der Waals surface area contributed by atoms with Crippen LogP contribution in [-0.4, -0.2) is 57.9 Å². The molecular weight excluding hydrogens is 290 g/mol. The highest BCUT2D eigenvalue weighted by Gasteiger charge is 2.26. The highest BCUT2D eigenvalue weighted by atomic mass is 15.3. The van der Waals surface area contributed by atoms with Crippen LogP contribution in [-0.2, 0) is 19.9 Å². The maximum Gasteiger partial charge on any atom is 0.222 e. The molecule has 3 heterocycles. The minimum atomic E-state index is 0.356. The predicted octanol–water partition coefficient (Wildman–Crippen LogP) is 0.700. The fraction of sp³-hybridized carbons (Fsp3) is 0.562. The topological polar surface area (TPSA) is 76.1 Å². The summed E-state index contributed by atoms with van der Waals surface area (Å²) < 4.78 is 1.96. The lowest BCUT2D eigenvalue weighted by atomic mass is 10.1. The Balaban J connectivity index is 1.83. The van der Waals surface area contributed by atoms with Gasteiger partial charge in [0, 0.05) is 50.0 Å². The minimum Gasteiger partial charge on any atom is -0.368 e. The van der Waals surface area contributed by atoms with Crippen molar-refractivity contribution in [2.75, 3.05) is 43.9 Å². The number of hydrogen-bond donors (Lipinski definition) is 1. The van der Waals surface area contributed by atoms with Crippen LogP contribution < -0.4 is 10.6 Å². The zero-order valence-electron chi connectivity index (χ0n) is 13.8. The molecule has 0 amide bonds. The van der Waals surface area contributed by atoms with E-state index in [0.29, 0.717) is 5.95 Å². The highest BCUT2D eigenvalue weighted by molar-refractivity contribution is 5.72. The number of piperazine rings is 1. The third-order valence-electron chi connectivity index (χ3n) is 4.96. The first kappa shape index (κ1) is 14.4. The van der Waals surface area contributed by atoms with E-state index in [1.165, 1.54) is 11.3 Å². The summed E-state index contributed by atoms with van der Waals surface area (Å²) in [4.78, 5) is 13.9. The molecule has 2 aromatic heterocycles. The third kappa shape index (κ3) is 2.45. The standard InChI is InChI=1S/C16H23N7/c1-21-6-8-23(9-7-21)15-11-4-3-5-13-12(10-18-22(13)2)14(11)19-16(17)20-15/h10H,3-9H2,1-2H3,(H2,17,19,20). The monoisotopic (exact) mass is 313 g/mol. The van der Waals surface area contributed by atoms with Gasteiger partial charge in [-0.3, -0.25) is 4.68 Å². The SMILES string of the molecule is CN1CCN(c2nc(N)nc3c2CCCc2c-3cnn2C)CC1. The number of nitrogens with zero attached hydrogens (tertiary/aromatic N) is 6. The molecule has 2 N–H and O–H groups in total. The van der Waals surface area contributed by atoms with E-state index in [1.54, 1.807) is 0 Å². The number of aromatic nitrogens is 4. The van der Waals surface area contributed by atoms with Gasteiger partial charge < -0.3 is 15.5 Å². The summed E-state index contributed by atoms with van der Waals surface area (Å²) in [5.41, 5.74) is 10.6. The second-order valence-corrected chi connectivity index (χ2v) is 6.50. The second-order valence-electron chi connectivity index (χ2n) is 6.50. The Kier molecular flexibility index (Phi) is 3.45. The first-order valence-electron chi connectivity index (χ1n) is 8.24. The van der Waals surface area contributed by atoms with Crippen molar-refractivity contribution in [3.05, 3.63) is 17.5 Å². The maximum absolute atomic E-state index is 6.05. The summed E-state index contributed by atoms with van der Waals surface area (Å²) in [6.45, 7) is 4.08. The van der Waals surface area contributed by atoms with Gasteiger partial charge in [0.2, 0.25) is 5.95 Å². The minimum absolute atomic E-state index is 0.356. The number of hydrogen-bond acceptors (Lipinski definition) is 6. The van der Waals surface area contributed by atoms with E-state index in [1.807, 2.05) is 17.9 Å². The van der Waals surface area contributed by atoms with Gasteiger partial charge in [-0.15, -0.1) is 0 Å². The van der Waals surface area contributed by atoms with Crippen molar-refractivity contribution in [1.82, 2.24) is 24.6 Å². The Labute approximate surface area is 136 Å².